The number of primary sulfonamides is 1. The maximum atomic E-state index is 12.2. The highest BCUT2D eigenvalue weighted by Gasteiger charge is 2.21. The van der Waals surface area contributed by atoms with Crippen LogP contribution in [0, 0.1) is 0 Å². The van der Waals surface area contributed by atoms with Crippen LogP contribution in [-0.4, -0.2) is 38.1 Å². The summed E-state index contributed by atoms with van der Waals surface area (Å²) >= 11 is 0. The Bertz CT molecular complexity index is 603. The second-order valence-corrected chi connectivity index (χ2v) is 6.71. The lowest BCUT2D eigenvalue weighted by Gasteiger charge is -2.12. The van der Waals surface area contributed by atoms with Gasteiger partial charge in [0.1, 0.15) is 10.6 Å². The summed E-state index contributed by atoms with van der Waals surface area (Å²) in [5.41, 5.74) is 0.305. The van der Waals surface area contributed by atoms with Crippen LogP contribution in [0.5, 0.6) is 0 Å². The molecule has 0 aliphatic carbocycles. The van der Waals surface area contributed by atoms with Crippen LogP contribution in [0.2, 0.25) is 0 Å². The summed E-state index contributed by atoms with van der Waals surface area (Å²) in [7, 11) is -3.81. The van der Waals surface area contributed by atoms with E-state index in [-0.39, 0.29) is 16.9 Å². The molecule has 21 heavy (non-hydrogen) atoms. The van der Waals surface area contributed by atoms with E-state index in [1.54, 1.807) is 4.57 Å². The van der Waals surface area contributed by atoms with Crippen molar-refractivity contribution in [3.05, 3.63) is 18.0 Å². The van der Waals surface area contributed by atoms with Crippen molar-refractivity contribution in [2.45, 2.75) is 43.7 Å². The number of hydrogen-bond donors (Lipinski definition) is 2. The molecule has 1 aromatic rings. The van der Waals surface area contributed by atoms with Crippen molar-refractivity contribution in [3.8, 4) is 0 Å². The number of carbonyl (C=O) groups excluding carboxylic acids is 1. The van der Waals surface area contributed by atoms with Gasteiger partial charge in [0.2, 0.25) is 10.0 Å². The van der Waals surface area contributed by atoms with Crippen molar-refractivity contribution in [1.29, 1.82) is 0 Å². The molecular formula is C13H21N3O4S. The minimum Gasteiger partial charge on any atom is -0.376 e. The Morgan fingerprint density at radius 1 is 1.57 bits per heavy atom. The number of hydrogen-bond acceptors (Lipinski definition) is 4. The Labute approximate surface area is 124 Å². The molecule has 3 N–H and O–H groups in total. The Morgan fingerprint density at radius 3 is 2.90 bits per heavy atom. The van der Waals surface area contributed by atoms with Gasteiger partial charge in [-0.25, -0.2) is 13.6 Å². The van der Waals surface area contributed by atoms with Crippen molar-refractivity contribution in [2.24, 2.45) is 5.14 Å². The number of amides is 1. The first-order valence-corrected chi connectivity index (χ1v) is 8.59. The standard InChI is InChI=1S/C13H21N3O4S/c1-2-5-16-9-11(21(14,18)19)7-12(16)13(17)15-8-10-4-3-6-20-10/h7,9-10H,2-6,8H2,1H3,(H,15,17)(H2,14,18,19). The number of carbonyl (C=O) groups is 1. The molecule has 0 aromatic carbocycles. The van der Waals surface area contributed by atoms with Crippen molar-refractivity contribution >= 4 is 15.9 Å². The third kappa shape index (κ3) is 4.05. The first-order valence-electron chi connectivity index (χ1n) is 7.04. The molecule has 1 aliphatic rings. The van der Waals surface area contributed by atoms with Crippen molar-refractivity contribution in [3.63, 3.8) is 0 Å². The van der Waals surface area contributed by atoms with Gasteiger partial charge in [0.15, 0.2) is 0 Å². The Balaban J connectivity index is 2.12. The Hall–Kier alpha value is -1.38. The molecular weight excluding hydrogens is 294 g/mol. The molecule has 2 rings (SSSR count). The number of aromatic nitrogens is 1. The minimum absolute atomic E-state index is 0.0428. The molecule has 1 unspecified atom stereocenters. The van der Waals surface area contributed by atoms with Crippen LogP contribution >= 0.6 is 0 Å². The molecule has 1 atom stereocenters. The van der Waals surface area contributed by atoms with E-state index >= 15 is 0 Å². The van der Waals surface area contributed by atoms with Gasteiger partial charge in [-0.05, 0) is 25.3 Å². The zero-order valence-corrected chi connectivity index (χ0v) is 12.9. The van der Waals surface area contributed by atoms with Crippen LogP contribution in [0.1, 0.15) is 36.7 Å². The lowest BCUT2D eigenvalue weighted by atomic mass is 10.2. The maximum Gasteiger partial charge on any atom is 0.268 e. The van der Waals surface area contributed by atoms with Gasteiger partial charge in [0, 0.05) is 25.9 Å². The molecule has 0 spiro atoms. The van der Waals surface area contributed by atoms with E-state index in [0.717, 1.165) is 25.9 Å². The van der Waals surface area contributed by atoms with Gasteiger partial charge in [-0.1, -0.05) is 6.92 Å². The topological polar surface area (TPSA) is 103 Å². The molecule has 1 aromatic heterocycles. The summed E-state index contributed by atoms with van der Waals surface area (Å²) in [6.45, 7) is 3.66. The van der Waals surface area contributed by atoms with E-state index in [0.29, 0.717) is 18.8 Å². The monoisotopic (exact) mass is 315 g/mol. The fraction of sp³-hybridized carbons (Fsp3) is 0.615. The second-order valence-electron chi connectivity index (χ2n) is 5.14. The van der Waals surface area contributed by atoms with E-state index in [1.807, 2.05) is 6.92 Å². The number of rotatable bonds is 6. The van der Waals surface area contributed by atoms with Crippen LogP contribution in [0.3, 0.4) is 0 Å². The van der Waals surface area contributed by atoms with Crippen LogP contribution in [0.25, 0.3) is 0 Å². The van der Waals surface area contributed by atoms with Gasteiger partial charge < -0.3 is 14.6 Å². The average molecular weight is 315 g/mol. The van der Waals surface area contributed by atoms with Crippen LogP contribution < -0.4 is 10.5 Å². The molecule has 118 valence electrons. The number of aryl methyl sites for hydroxylation is 1. The SMILES string of the molecule is CCCn1cc(S(N)(=O)=O)cc1C(=O)NCC1CCCO1. The highest BCUT2D eigenvalue weighted by Crippen LogP contribution is 2.15. The summed E-state index contributed by atoms with van der Waals surface area (Å²) in [6.07, 6.45) is 4.16. The largest absolute Gasteiger partial charge is 0.376 e. The molecule has 2 heterocycles. The van der Waals surface area contributed by atoms with Gasteiger partial charge in [-0.3, -0.25) is 4.79 Å². The summed E-state index contributed by atoms with van der Waals surface area (Å²) in [6, 6.07) is 1.32. The Kier molecular flexibility index (Phi) is 5.02. The fourth-order valence-corrected chi connectivity index (χ4v) is 2.91. The number of sulfonamides is 1. The van der Waals surface area contributed by atoms with E-state index in [4.69, 9.17) is 9.88 Å². The molecule has 0 radical (unpaired) electrons. The van der Waals surface area contributed by atoms with Crippen molar-refractivity contribution < 1.29 is 17.9 Å². The first-order chi connectivity index (χ1) is 9.91. The predicted molar refractivity (Wildman–Crippen MR) is 77.4 cm³/mol. The van der Waals surface area contributed by atoms with E-state index in [9.17, 15) is 13.2 Å². The second kappa shape index (κ2) is 6.59. The van der Waals surface area contributed by atoms with Crippen molar-refractivity contribution in [2.75, 3.05) is 13.2 Å². The molecule has 1 amide bonds. The summed E-state index contributed by atoms with van der Waals surface area (Å²) in [4.78, 5) is 12.2. The smallest absolute Gasteiger partial charge is 0.268 e. The number of nitrogens with one attached hydrogen (secondary N) is 1. The number of nitrogens with zero attached hydrogens (tertiary/aromatic N) is 1. The molecule has 7 nitrogen and oxygen atoms in total. The highest BCUT2D eigenvalue weighted by atomic mass is 32.2. The van der Waals surface area contributed by atoms with Crippen LogP contribution in [-0.2, 0) is 21.3 Å². The van der Waals surface area contributed by atoms with Gasteiger partial charge in [0.05, 0.1) is 6.10 Å². The maximum absolute atomic E-state index is 12.2. The van der Waals surface area contributed by atoms with Gasteiger partial charge in [-0.2, -0.15) is 0 Å². The lowest BCUT2D eigenvalue weighted by molar-refractivity contribution is 0.0850. The van der Waals surface area contributed by atoms with E-state index in [1.165, 1.54) is 12.3 Å². The van der Waals surface area contributed by atoms with E-state index in [2.05, 4.69) is 5.32 Å². The first kappa shape index (κ1) is 16.0. The molecule has 8 heteroatoms. The van der Waals surface area contributed by atoms with E-state index < -0.39 is 10.0 Å². The van der Waals surface area contributed by atoms with Crippen LogP contribution in [0.4, 0.5) is 0 Å². The zero-order chi connectivity index (χ0) is 15.5. The number of nitrogens with two attached hydrogens (primary N) is 1. The predicted octanol–water partition coefficient (Wildman–Crippen LogP) is 0.454. The average Bonchev–Trinajstić information content (AvgIpc) is 3.04. The zero-order valence-electron chi connectivity index (χ0n) is 12.0. The number of ether oxygens (including phenoxy) is 1. The van der Waals surface area contributed by atoms with Gasteiger partial charge in [-0.15, -0.1) is 0 Å². The molecule has 1 saturated heterocycles. The highest BCUT2D eigenvalue weighted by molar-refractivity contribution is 7.89. The molecule has 1 aliphatic heterocycles. The third-order valence-electron chi connectivity index (χ3n) is 3.41. The molecule has 0 saturated carbocycles. The quantitative estimate of drug-likeness (QED) is 0.795. The normalized spacial score (nSPS) is 18.9. The third-order valence-corrected chi connectivity index (χ3v) is 4.29. The van der Waals surface area contributed by atoms with Gasteiger partial charge >= 0.3 is 0 Å². The molecule has 0 bridgehead atoms. The minimum atomic E-state index is -3.81. The lowest BCUT2D eigenvalue weighted by Crippen LogP contribution is -2.33. The molecule has 1 fully saturated rings. The summed E-state index contributed by atoms with van der Waals surface area (Å²) < 4.78 is 29.9. The van der Waals surface area contributed by atoms with Gasteiger partial charge in [0.25, 0.3) is 5.91 Å². The summed E-state index contributed by atoms with van der Waals surface area (Å²) in [5, 5.41) is 7.90. The van der Waals surface area contributed by atoms with Crippen LogP contribution in [0.15, 0.2) is 17.2 Å². The summed E-state index contributed by atoms with van der Waals surface area (Å²) in [5.74, 6) is -0.311. The fourth-order valence-electron chi connectivity index (χ4n) is 2.36. The Morgan fingerprint density at radius 2 is 2.33 bits per heavy atom. The van der Waals surface area contributed by atoms with Crippen molar-refractivity contribution in [1.82, 2.24) is 9.88 Å².